The van der Waals surface area contributed by atoms with Crippen molar-refractivity contribution in [2.45, 2.75) is 12.1 Å². The highest BCUT2D eigenvalue weighted by Gasteiger charge is 2.26. The van der Waals surface area contributed by atoms with Gasteiger partial charge in [0.2, 0.25) is 0 Å². The maximum atomic E-state index is 13.1. The molecule has 122 valence electrons. The zero-order valence-corrected chi connectivity index (χ0v) is 12.6. The summed E-state index contributed by atoms with van der Waals surface area (Å²) in [6, 6.07) is 13.3. The van der Waals surface area contributed by atoms with Crippen molar-refractivity contribution in [1.29, 1.82) is 0 Å². The summed E-state index contributed by atoms with van der Waals surface area (Å²) in [5, 5.41) is 23.0. The van der Waals surface area contributed by atoms with Crippen LogP contribution in [0.3, 0.4) is 0 Å². The number of benzene rings is 2. The van der Waals surface area contributed by atoms with Crippen LogP contribution in [-0.2, 0) is 0 Å². The van der Waals surface area contributed by atoms with Crippen LogP contribution in [0, 0.1) is 5.82 Å². The number of hydrogen-bond donors (Lipinski definition) is 3. The molecule has 2 aromatic carbocycles. The molecule has 2 atom stereocenters. The van der Waals surface area contributed by atoms with Crippen LogP contribution >= 0.6 is 0 Å². The number of aliphatic hydroxyl groups excluding tert-OH is 1. The van der Waals surface area contributed by atoms with Gasteiger partial charge in [-0.3, -0.25) is 4.98 Å². The van der Waals surface area contributed by atoms with Crippen LogP contribution in [0.1, 0.15) is 23.3 Å². The van der Waals surface area contributed by atoms with Gasteiger partial charge in [0.05, 0.1) is 11.6 Å². The lowest BCUT2D eigenvalue weighted by Crippen LogP contribution is -2.31. The molecule has 6 heteroatoms. The molecule has 0 aliphatic heterocycles. The second-order valence-corrected chi connectivity index (χ2v) is 5.35. The van der Waals surface area contributed by atoms with Crippen molar-refractivity contribution >= 4 is 17.0 Å². The van der Waals surface area contributed by atoms with E-state index in [0.29, 0.717) is 16.6 Å². The number of fused-ring (bicyclic) bond motifs is 1. The molecule has 5 nitrogen and oxygen atoms in total. The SMILES string of the molecule is O=C(O)NC(c1ccc(F)cc1)C(O)c1cccc2cccnc12. The summed E-state index contributed by atoms with van der Waals surface area (Å²) in [4.78, 5) is 15.4. The molecule has 3 rings (SSSR count). The van der Waals surface area contributed by atoms with Crippen LogP contribution in [0.5, 0.6) is 0 Å². The molecule has 0 radical (unpaired) electrons. The van der Waals surface area contributed by atoms with Gasteiger partial charge in [-0.15, -0.1) is 0 Å². The molecule has 0 saturated carbocycles. The van der Waals surface area contributed by atoms with Crippen molar-refractivity contribution < 1.29 is 19.4 Å². The zero-order valence-electron chi connectivity index (χ0n) is 12.6. The monoisotopic (exact) mass is 326 g/mol. The van der Waals surface area contributed by atoms with E-state index in [0.717, 1.165) is 5.39 Å². The molecule has 0 aliphatic carbocycles. The number of rotatable bonds is 4. The normalized spacial score (nSPS) is 13.4. The fraction of sp³-hybridized carbons (Fsp3) is 0.111. The topological polar surface area (TPSA) is 82.5 Å². The fourth-order valence-corrected chi connectivity index (χ4v) is 2.69. The van der Waals surface area contributed by atoms with E-state index in [1.54, 1.807) is 24.4 Å². The Balaban J connectivity index is 2.06. The van der Waals surface area contributed by atoms with Crippen LogP contribution in [0.4, 0.5) is 9.18 Å². The molecule has 0 saturated heterocycles. The van der Waals surface area contributed by atoms with E-state index in [-0.39, 0.29) is 0 Å². The first-order valence-electron chi connectivity index (χ1n) is 7.33. The number of hydrogen-bond acceptors (Lipinski definition) is 3. The third kappa shape index (κ3) is 3.18. The summed E-state index contributed by atoms with van der Waals surface area (Å²) in [7, 11) is 0. The third-order valence-electron chi connectivity index (χ3n) is 3.81. The Labute approximate surface area is 137 Å². The molecule has 1 aromatic heterocycles. The van der Waals surface area contributed by atoms with Gasteiger partial charge < -0.3 is 15.5 Å². The summed E-state index contributed by atoms with van der Waals surface area (Å²) in [6.45, 7) is 0. The molecule has 3 N–H and O–H groups in total. The molecular formula is C18H15FN2O3. The number of nitrogens with one attached hydrogen (secondary N) is 1. The molecule has 0 aliphatic rings. The van der Waals surface area contributed by atoms with Gasteiger partial charge in [0, 0.05) is 17.1 Å². The van der Waals surface area contributed by atoms with Crippen molar-refractivity contribution in [3.05, 3.63) is 77.7 Å². The number of nitrogens with zero attached hydrogens (tertiary/aromatic N) is 1. The molecule has 2 unspecified atom stereocenters. The minimum absolute atomic E-state index is 0.436. The van der Waals surface area contributed by atoms with Crippen molar-refractivity contribution in [3.8, 4) is 0 Å². The predicted molar refractivity (Wildman–Crippen MR) is 87.0 cm³/mol. The maximum absolute atomic E-state index is 13.1. The van der Waals surface area contributed by atoms with E-state index in [4.69, 9.17) is 5.11 Å². The number of para-hydroxylation sites is 1. The molecule has 1 amide bonds. The maximum Gasteiger partial charge on any atom is 0.405 e. The molecular weight excluding hydrogens is 311 g/mol. The second-order valence-electron chi connectivity index (χ2n) is 5.35. The van der Waals surface area contributed by atoms with Gasteiger partial charge in [-0.25, -0.2) is 9.18 Å². The van der Waals surface area contributed by atoms with E-state index in [2.05, 4.69) is 10.3 Å². The smallest absolute Gasteiger partial charge is 0.405 e. The van der Waals surface area contributed by atoms with Gasteiger partial charge in [-0.05, 0) is 23.8 Å². The summed E-state index contributed by atoms with van der Waals surface area (Å²) < 4.78 is 13.1. The summed E-state index contributed by atoms with van der Waals surface area (Å²) in [6.07, 6.45) is -0.850. The highest BCUT2D eigenvalue weighted by molar-refractivity contribution is 5.82. The van der Waals surface area contributed by atoms with Gasteiger partial charge in [0.1, 0.15) is 11.9 Å². The number of carbonyl (C=O) groups is 1. The number of halogens is 1. The number of pyridine rings is 1. The minimum Gasteiger partial charge on any atom is -0.465 e. The minimum atomic E-state index is -1.28. The Morgan fingerprint density at radius 3 is 2.50 bits per heavy atom. The fourth-order valence-electron chi connectivity index (χ4n) is 2.69. The Hall–Kier alpha value is -2.99. The molecule has 3 aromatic rings. The summed E-state index contributed by atoms with van der Waals surface area (Å²) >= 11 is 0. The number of amides is 1. The van der Waals surface area contributed by atoms with E-state index in [9.17, 15) is 14.3 Å². The number of carboxylic acid groups (broad SMARTS) is 1. The summed E-state index contributed by atoms with van der Waals surface area (Å²) in [5.74, 6) is -0.436. The Morgan fingerprint density at radius 1 is 1.08 bits per heavy atom. The van der Waals surface area contributed by atoms with E-state index in [1.165, 1.54) is 24.3 Å². The Kier molecular flexibility index (Phi) is 4.39. The van der Waals surface area contributed by atoms with Crippen LogP contribution in [0.25, 0.3) is 10.9 Å². The predicted octanol–water partition coefficient (Wildman–Crippen LogP) is 3.42. The van der Waals surface area contributed by atoms with Crippen molar-refractivity contribution in [3.63, 3.8) is 0 Å². The van der Waals surface area contributed by atoms with Gasteiger partial charge in [-0.1, -0.05) is 36.4 Å². The second kappa shape index (κ2) is 6.64. The van der Waals surface area contributed by atoms with Crippen LogP contribution in [0.2, 0.25) is 0 Å². The molecule has 0 bridgehead atoms. The summed E-state index contributed by atoms with van der Waals surface area (Å²) in [5.41, 5.74) is 1.54. The van der Waals surface area contributed by atoms with Crippen molar-refractivity contribution in [2.24, 2.45) is 0 Å². The Bertz CT molecular complexity index is 862. The highest BCUT2D eigenvalue weighted by Crippen LogP contribution is 2.32. The molecule has 1 heterocycles. The average molecular weight is 326 g/mol. The highest BCUT2D eigenvalue weighted by atomic mass is 19.1. The third-order valence-corrected chi connectivity index (χ3v) is 3.81. The van der Waals surface area contributed by atoms with Crippen LogP contribution in [-0.4, -0.2) is 21.3 Å². The van der Waals surface area contributed by atoms with Crippen LogP contribution < -0.4 is 5.32 Å². The standard InChI is InChI=1S/C18H15FN2O3/c19-13-8-6-12(7-9-13)16(21-18(23)24)17(22)14-5-1-3-11-4-2-10-20-15(11)14/h1-10,16-17,21-22H,(H,23,24). The first-order valence-corrected chi connectivity index (χ1v) is 7.33. The molecule has 0 spiro atoms. The van der Waals surface area contributed by atoms with Gasteiger partial charge in [0.25, 0.3) is 0 Å². The van der Waals surface area contributed by atoms with E-state index < -0.39 is 24.1 Å². The molecule has 0 fully saturated rings. The number of aliphatic hydroxyl groups is 1. The molecule has 24 heavy (non-hydrogen) atoms. The quantitative estimate of drug-likeness (QED) is 0.686. The largest absolute Gasteiger partial charge is 0.465 e. The number of aromatic nitrogens is 1. The van der Waals surface area contributed by atoms with Crippen LogP contribution in [0.15, 0.2) is 60.8 Å². The lowest BCUT2D eigenvalue weighted by Gasteiger charge is -2.24. The lowest BCUT2D eigenvalue weighted by molar-refractivity contribution is 0.121. The van der Waals surface area contributed by atoms with Crippen molar-refractivity contribution in [1.82, 2.24) is 10.3 Å². The zero-order chi connectivity index (χ0) is 17.1. The average Bonchev–Trinajstić information content (AvgIpc) is 2.59. The van der Waals surface area contributed by atoms with E-state index in [1.807, 2.05) is 12.1 Å². The van der Waals surface area contributed by atoms with Gasteiger partial charge in [-0.2, -0.15) is 0 Å². The first-order chi connectivity index (χ1) is 11.6. The lowest BCUT2D eigenvalue weighted by atomic mass is 9.94. The van der Waals surface area contributed by atoms with Crippen molar-refractivity contribution in [2.75, 3.05) is 0 Å². The Morgan fingerprint density at radius 2 is 1.79 bits per heavy atom. The van der Waals surface area contributed by atoms with Gasteiger partial charge in [0.15, 0.2) is 0 Å². The first kappa shape index (κ1) is 15.9. The van der Waals surface area contributed by atoms with Gasteiger partial charge >= 0.3 is 6.09 Å². The van der Waals surface area contributed by atoms with E-state index >= 15 is 0 Å².